The van der Waals surface area contributed by atoms with E-state index in [1.165, 1.54) is 0 Å². The van der Waals surface area contributed by atoms with E-state index >= 15 is 0 Å². The molecule has 1 aliphatic heterocycles. The number of para-hydroxylation sites is 2. The van der Waals surface area contributed by atoms with E-state index in [1.54, 1.807) is 21.8 Å². The fourth-order valence-electron chi connectivity index (χ4n) is 3.13. The van der Waals surface area contributed by atoms with Gasteiger partial charge in [0.1, 0.15) is 0 Å². The zero-order chi connectivity index (χ0) is 18.8. The van der Waals surface area contributed by atoms with Gasteiger partial charge in [-0.15, -0.1) is 0 Å². The van der Waals surface area contributed by atoms with Gasteiger partial charge in [0.25, 0.3) is 0 Å². The molecule has 7 heteroatoms. The van der Waals surface area contributed by atoms with E-state index < -0.39 is 5.92 Å². The van der Waals surface area contributed by atoms with E-state index in [1.807, 2.05) is 54.6 Å². The lowest BCUT2D eigenvalue weighted by Crippen LogP contribution is -2.28. The topological polar surface area (TPSA) is 67.2 Å². The first-order valence-corrected chi connectivity index (χ1v) is 9.38. The van der Waals surface area contributed by atoms with Crippen LogP contribution in [-0.2, 0) is 9.59 Å². The van der Waals surface area contributed by atoms with Gasteiger partial charge in [-0.25, -0.2) is 4.68 Å². The van der Waals surface area contributed by atoms with Crippen LogP contribution in [0.5, 0.6) is 0 Å². The van der Waals surface area contributed by atoms with Crippen LogP contribution in [0.1, 0.15) is 6.42 Å². The Bertz CT molecular complexity index is 986. The number of hydrogen-bond acceptors (Lipinski definition) is 3. The average Bonchev–Trinajstić information content (AvgIpc) is 3.30. The quantitative estimate of drug-likeness (QED) is 0.695. The maximum atomic E-state index is 12.6. The summed E-state index contributed by atoms with van der Waals surface area (Å²) in [6.45, 7) is 0.354. The molecule has 0 bridgehead atoms. The van der Waals surface area contributed by atoms with Gasteiger partial charge in [0, 0.05) is 29.7 Å². The summed E-state index contributed by atoms with van der Waals surface area (Å²) in [5, 5.41) is 7.20. The highest BCUT2D eigenvalue weighted by molar-refractivity contribution is 9.10. The van der Waals surface area contributed by atoms with Gasteiger partial charge in [-0.3, -0.25) is 9.59 Å². The summed E-state index contributed by atoms with van der Waals surface area (Å²) in [5.74, 6) is -0.199. The van der Waals surface area contributed by atoms with Crippen molar-refractivity contribution in [1.29, 1.82) is 0 Å². The van der Waals surface area contributed by atoms with Crippen LogP contribution in [0.3, 0.4) is 0 Å². The van der Waals surface area contributed by atoms with Crippen molar-refractivity contribution < 1.29 is 9.59 Å². The molecule has 0 aliphatic carbocycles. The number of nitrogens with one attached hydrogen (secondary N) is 1. The van der Waals surface area contributed by atoms with Crippen LogP contribution < -0.4 is 10.2 Å². The van der Waals surface area contributed by atoms with Crippen molar-refractivity contribution in [2.24, 2.45) is 5.92 Å². The van der Waals surface area contributed by atoms with Gasteiger partial charge in [-0.05, 0) is 40.2 Å². The van der Waals surface area contributed by atoms with E-state index in [9.17, 15) is 9.59 Å². The Morgan fingerprint density at radius 1 is 1.07 bits per heavy atom. The molecule has 0 radical (unpaired) electrons. The van der Waals surface area contributed by atoms with Gasteiger partial charge in [0.05, 0.1) is 17.3 Å². The minimum atomic E-state index is -0.411. The lowest BCUT2D eigenvalue weighted by Gasteiger charge is -2.18. The normalized spacial score (nSPS) is 16.6. The van der Waals surface area contributed by atoms with Crippen LogP contribution in [0.25, 0.3) is 5.69 Å². The van der Waals surface area contributed by atoms with E-state index in [-0.39, 0.29) is 18.2 Å². The standard InChI is InChI=1S/C20H17BrN4O2/c21-16-8-4-5-9-17(16)24-13-14(12-19(24)26)20(27)22-18-10-11-25(23-18)15-6-2-1-3-7-15/h1-11,14H,12-13H2,(H,22,23,27). The zero-order valence-electron chi connectivity index (χ0n) is 14.4. The van der Waals surface area contributed by atoms with Gasteiger partial charge in [0.2, 0.25) is 11.8 Å². The Kier molecular flexibility index (Phi) is 4.77. The lowest BCUT2D eigenvalue weighted by molar-refractivity contribution is -0.122. The first-order valence-electron chi connectivity index (χ1n) is 8.58. The Labute approximate surface area is 164 Å². The molecule has 6 nitrogen and oxygen atoms in total. The summed E-state index contributed by atoms with van der Waals surface area (Å²) in [6.07, 6.45) is 1.98. The van der Waals surface area contributed by atoms with Crippen LogP contribution in [0.2, 0.25) is 0 Å². The molecule has 0 spiro atoms. The molecule has 4 rings (SSSR count). The molecule has 1 saturated heterocycles. The Morgan fingerprint density at radius 2 is 1.81 bits per heavy atom. The predicted molar refractivity (Wildman–Crippen MR) is 107 cm³/mol. The van der Waals surface area contributed by atoms with E-state index in [0.29, 0.717) is 12.4 Å². The summed E-state index contributed by atoms with van der Waals surface area (Å²) < 4.78 is 2.53. The number of rotatable bonds is 4. The molecule has 1 aliphatic rings. The molecule has 1 atom stereocenters. The Balaban J connectivity index is 1.45. The minimum absolute atomic E-state index is 0.0585. The smallest absolute Gasteiger partial charge is 0.231 e. The van der Waals surface area contributed by atoms with Crippen molar-refractivity contribution in [1.82, 2.24) is 9.78 Å². The van der Waals surface area contributed by atoms with Gasteiger partial charge < -0.3 is 10.2 Å². The van der Waals surface area contributed by atoms with Crippen molar-refractivity contribution in [3.8, 4) is 5.69 Å². The summed E-state index contributed by atoms with van der Waals surface area (Å²) in [6, 6.07) is 18.9. The highest BCUT2D eigenvalue weighted by atomic mass is 79.9. The monoisotopic (exact) mass is 424 g/mol. The molecule has 1 aromatic heterocycles. The van der Waals surface area contributed by atoms with Gasteiger partial charge in [-0.2, -0.15) is 5.10 Å². The van der Waals surface area contributed by atoms with Crippen molar-refractivity contribution in [3.05, 3.63) is 71.3 Å². The zero-order valence-corrected chi connectivity index (χ0v) is 16.0. The molecule has 136 valence electrons. The number of aromatic nitrogens is 2. The number of anilines is 2. The molecule has 1 fully saturated rings. The highest BCUT2D eigenvalue weighted by Gasteiger charge is 2.36. The second-order valence-electron chi connectivity index (χ2n) is 6.33. The minimum Gasteiger partial charge on any atom is -0.310 e. The largest absolute Gasteiger partial charge is 0.310 e. The molecular weight excluding hydrogens is 408 g/mol. The second-order valence-corrected chi connectivity index (χ2v) is 7.18. The maximum absolute atomic E-state index is 12.6. The van der Waals surface area contributed by atoms with Crippen molar-refractivity contribution in [2.75, 3.05) is 16.8 Å². The number of benzene rings is 2. The van der Waals surface area contributed by atoms with Gasteiger partial charge in [-0.1, -0.05) is 30.3 Å². The first kappa shape index (κ1) is 17.5. The number of hydrogen-bond donors (Lipinski definition) is 1. The highest BCUT2D eigenvalue weighted by Crippen LogP contribution is 2.31. The van der Waals surface area contributed by atoms with E-state index in [0.717, 1.165) is 15.8 Å². The summed E-state index contributed by atoms with van der Waals surface area (Å²) in [7, 11) is 0. The molecular formula is C20H17BrN4O2. The van der Waals surface area contributed by atoms with Crippen LogP contribution in [0, 0.1) is 5.92 Å². The molecule has 3 aromatic rings. The number of halogens is 1. The fraction of sp³-hybridized carbons (Fsp3) is 0.150. The average molecular weight is 425 g/mol. The Morgan fingerprint density at radius 3 is 2.59 bits per heavy atom. The van der Waals surface area contributed by atoms with Crippen molar-refractivity contribution in [2.45, 2.75) is 6.42 Å². The fourth-order valence-corrected chi connectivity index (χ4v) is 3.63. The number of carbonyl (C=O) groups is 2. The number of nitrogens with zero attached hydrogens (tertiary/aromatic N) is 3. The number of carbonyl (C=O) groups excluding carboxylic acids is 2. The molecule has 1 N–H and O–H groups in total. The molecule has 27 heavy (non-hydrogen) atoms. The third-order valence-corrected chi connectivity index (χ3v) is 5.17. The SMILES string of the molecule is O=C(Nc1ccn(-c2ccccc2)n1)C1CC(=O)N(c2ccccc2Br)C1. The third-order valence-electron chi connectivity index (χ3n) is 4.50. The summed E-state index contributed by atoms with van der Waals surface area (Å²) >= 11 is 3.46. The molecule has 1 unspecified atom stereocenters. The van der Waals surface area contributed by atoms with Crippen LogP contribution >= 0.6 is 15.9 Å². The number of amides is 2. The molecule has 0 saturated carbocycles. The van der Waals surface area contributed by atoms with Crippen molar-refractivity contribution in [3.63, 3.8) is 0 Å². The predicted octanol–water partition coefficient (Wildman–Crippen LogP) is 3.63. The molecule has 2 amide bonds. The second kappa shape index (κ2) is 7.36. The van der Waals surface area contributed by atoms with Crippen LogP contribution in [-0.4, -0.2) is 28.1 Å². The first-order chi connectivity index (χ1) is 13.1. The van der Waals surface area contributed by atoms with Crippen molar-refractivity contribution >= 4 is 39.2 Å². The van der Waals surface area contributed by atoms with Gasteiger partial charge >= 0.3 is 0 Å². The van der Waals surface area contributed by atoms with Crippen LogP contribution in [0.4, 0.5) is 11.5 Å². The maximum Gasteiger partial charge on any atom is 0.231 e. The molecule has 2 aromatic carbocycles. The lowest BCUT2D eigenvalue weighted by atomic mass is 10.1. The van der Waals surface area contributed by atoms with Gasteiger partial charge in [0.15, 0.2) is 5.82 Å². The van der Waals surface area contributed by atoms with E-state index in [2.05, 4.69) is 26.3 Å². The summed E-state index contributed by atoms with van der Waals surface area (Å²) in [4.78, 5) is 26.7. The Hall–Kier alpha value is -2.93. The van der Waals surface area contributed by atoms with Crippen LogP contribution in [0.15, 0.2) is 71.3 Å². The van der Waals surface area contributed by atoms with E-state index in [4.69, 9.17) is 0 Å². The third kappa shape index (κ3) is 3.64. The summed E-state index contributed by atoms with van der Waals surface area (Å²) in [5.41, 5.74) is 1.69. The molecule has 2 heterocycles.